The summed E-state index contributed by atoms with van der Waals surface area (Å²) in [5.74, 6) is 0.944. The summed E-state index contributed by atoms with van der Waals surface area (Å²) in [6.45, 7) is 8.39. The van der Waals surface area contributed by atoms with Crippen LogP contribution in [0, 0.1) is 0 Å². The standard InChI is InChI=1S/C11H19N3O/c1-6(2)12-11-10-8(4)15-7(3)5-9(10)13-14-11/h6-8H,5H2,1-4H3,(H2,12,13,14). The molecule has 0 saturated heterocycles. The minimum Gasteiger partial charge on any atom is -0.370 e. The molecule has 1 aliphatic rings. The van der Waals surface area contributed by atoms with Crippen LogP contribution in [0.5, 0.6) is 0 Å². The van der Waals surface area contributed by atoms with Crippen molar-refractivity contribution in [2.45, 2.75) is 52.4 Å². The maximum absolute atomic E-state index is 5.79. The third kappa shape index (κ3) is 2.00. The number of rotatable bonds is 2. The van der Waals surface area contributed by atoms with E-state index in [0.717, 1.165) is 12.2 Å². The van der Waals surface area contributed by atoms with E-state index in [2.05, 4.69) is 43.2 Å². The summed E-state index contributed by atoms with van der Waals surface area (Å²) >= 11 is 0. The van der Waals surface area contributed by atoms with Gasteiger partial charge in [-0.2, -0.15) is 5.10 Å². The van der Waals surface area contributed by atoms with Gasteiger partial charge in [-0.25, -0.2) is 0 Å². The van der Waals surface area contributed by atoms with Crippen molar-refractivity contribution in [2.75, 3.05) is 5.32 Å². The van der Waals surface area contributed by atoms with Gasteiger partial charge in [0, 0.05) is 23.7 Å². The van der Waals surface area contributed by atoms with Gasteiger partial charge >= 0.3 is 0 Å². The molecule has 4 nitrogen and oxygen atoms in total. The van der Waals surface area contributed by atoms with E-state index in [9.17, 15) is 0 Å². The van der Waals surface area contributed by atoms with E-state index in [1.54, 1.807) is 0 Å². The Morgan fingerprint density at radius 1 is 1.47 bits per heavy atom. The second-order valence-corrected chi connectivity index (χ2v) is 4.56. The largest absolute Gasteiger partial charge is 0.370 e. The van der Waals surface area contributed by atoms with Gasteiger partial charge in [-0.1, -0.05) is 0 Å². The Hall–Kier alpha value is -1.03. The molecule has 1 aromatic rings. The SMILES string of the molecule is CC(C)Nc1n[nH]c2c1C(C)OC(C)C2. The highest BCUT2D eigenvalue weighted by atomic mass is 16.5. The minimum atomic E-state index is 0.128. The molecule has 2 rings (SSSR count). The number of hydrogen-bond donors (Lipinski definition) is 2. The Kier molecular flexibility index (Phi) is 2.69. The zero-order valence-corrected chi connectivity index (χ0v) is 9.79. The van der Waals surface area contributed by atoms with E-state index >= 15 is 0 Å². The average Bonchev–Trinajstić information content (AvgIpc) is 2.46. The van der Waals surface area contributed by atoms with Crippen LogP contribution in [0.1, 0.15) is 45.1 Å². The number of anilines is 1. The van der Waals surface area contributed by atoms with Crippen LogP contribution in [0.3, 0.4) is 0 Å². The summed E-state index contributed by atoms with van der Waals surface area (Å²) in [7, 11) is 0. The lowest BCUT2D eigenvalue weighted by atomic mass is 10.0. The quantitative estimate of drug-likeness (QED) is 0.785. The van der Waals surface area contributed by atoms with Crippen molar-refractivity contribution in [1.82, 2.24) is 10.2 Å². The molecular weight excluding hydrogens is 190 g/mol. The molecular formula is C11H19N3O. The van der Waals surface area contributed by atoms with Gasteiger partial charge in [0.1, 0.15) is 0 Å². The Morgan fingerprint density at radius 2 is 2.20 bits per heavy atom. The highest BCUT2D eigenvalue weighted by Gasteiger charge is 2.27. The molecule has 2 N–H and O–H groups in total. The van der Waals surface area contributed by atoms with Gasteiger partial charge < -0.3 is 10.1 Å². The number of aromatic nitrogens is 2. The first-order valence-corrected chi connectivity index (χ1v) is 5.57. The van der Waals surface area contributed by atoms with Crippen molar-refractivity contribution in [3.8, 4) is 0 Å². The highest BCUT2D eigenvalue weighted by molar-refractivity contribution is 5.49. The van der Waals surface area contributed by atoms with Gasteiger partial charge in [-0.15, -0.1) is 0 Å². The Morgan fingerprint density at radius 3 is 2.87 bits per heavy atom. The molecule has 84 valence electrons. The Bertz CT molecular complexity index is 346. The molecule has 2 atom stereocenters. The lowest BCUT2D eigenvalue weighted by Crippen LogP contribution is -2.22. The fourth-order valence-corrected chi connectivity index (χ4v) is 2.12. The first-order chi connectivity index (χ1) is 7.08. The van der Waals surface area contributed by atoms with Gasteiger partial charge in [-0.05, 0) is 27.7 Å². The molecule has 0 aliphatic carbocycles. The maximum Gasteiger partial charge on any atom is 0.154 e. The van der Waals surface area contributed by atoms with Crippen molar-refractivity contribution in [3.63, 3.8) is 0 Å². The average molecular weight is 209 g/mol. The molecule has 0 spiro atoms. The van der Waals surface area contributed by atoms with Gasteiger partial charge in [0.25, 0.3) is 0 Å². The molecule has 0 radical (unpaired) electrons. The predicted molar refractivity (Wildman–Crippen MR) is 60.0 cm³/mol. The topological polar surface area (TPSA) is 49.9 Å². The normalized spacial score (nSPS) is 25.4. The van der Waals surface area contributed by atoms with Crippen molar-refractivity contribution >= 4 is 5.82 Å². The summed E-state index contributed by atoms with van der Waals surface area (Å²) < 4.78 is 5.79. The summed E-state index contributed by atoms with van der Waals surface area (Å²) in [6.07, 6.45) is 1.33. The lowest BCUT2D eigenvalue weighted by molar-refractivity contribution is -0.00479. The maximum atomic E-state index is 5.79. The second-order valence-electron chi connectivity index (χ2n) is 4.56. The van der Waals surface area contributed by atoms with Crippen LogP contribution in [0.25, 0.3) is 0 Å². The fraction of sp³-hybridized carbons (Fsp3) is 0.727. The number of hydrogen-bond acceptors (Lipinski definition) is 3. The smallest absolute Gasteiger partial charge is 0.154 e. The van der Waals surface area contributed by atoms with Crippen molar-refractivity contribution in [1.29, 1.82) is 0 Å². The fourth-order valence-electron chi connectivity index (χ4n) is 2.12. The Labute approximate surface area is 90.4 Å². The molecule has 0 amide bonds. The molecule has 0 saturated carbocycles. The third-order valence-electron chi connectivity index (χ3n) is 2.64. The second kappa shape index (κ2) is 3.85. The number of ether oxygens (including phenoxy) is 1. The molecule has 0 fully saturated rings. The van der Waals surface area contributed by atoms with Gasteiger partial charge in [-0.3, -0.25) is 5.10 Å². The van der Waals surface area contributed by atoms with Crippen LogP contribution >= 0.6 is 0 Å². The van der Waals surface area contributed by atoms with E-state index in [-0.39, 0.29) is 12.2 Å². The van der Waals surface area contributed by atoms with Gasteiger partial charge in [0.15, 0.2) is 5.82 Å². The van der Waals surface area contributed by atoms with Crippen molar-refractivity contribution < 1.29 is 4.74 Å². The summed E-state index contributed by atoms with van der Waals surface area (Å²) in [5, 5.41) is 10.7. The van der Waals surface area contributed by atoms with Crippen molar-refractivity contribution in [2.24, 2.45) is 0 Å². The zero-order valence-electron chi connectivity index (χ0n) is 9.79. The van der Waals surface area contributed by atoms with Gasteiger partial charge in [0.05, 0.1) is 12.2 Å². The number of fused-ring (bicyclic) bond motifs is 1. The summed E-state index contributed by atoms with van der Waals surface area (Å²) in [5.41, 5.74) is 2.41. The number of nitrogens with zero attached hydrogens (tertiary/aromatic N) is 1. The van der Waals surface area contributed by atoms with E-state index < -0.39 is 0 Å². The van der Waals surface area contributed by atoms with Crippen LogP contribution in [0.4, 0.5) is 5.82 Å². The predicted octanol–water partition coefficient (Wildman–Crippen LogP) is 2.25. The van der Waals surface area contributed by atoms with E-state index in [0.29, 0.717) is 6.04 Å². The minimum absolute atomic E-state index is 0.128. The number of nitrogens with one attached hydrogen (secondary N) is 2. The molecule has 1 aromatic heterocycles. The summed E-state index contributed by atoms with van der Waals surface area (Å²) in [4.78, 5) is 0. The van der Waals surface area contributed by atoms with Gasteiger partial charge in [0.2, 0.25) is 0 Å². The molecule has 4 heteroatoms. The molecule has 2 heterocycles. The molecule has 1 aliphatic heterocycles. The van der Waals surface area contributed by atoms with E-state index in [4.69, 9.17) is 4.74 Å². The highest BCUT2D eigenvalue weighted by Crippen LogP contribution is 2.33. The van der Waals surface area contributed by atoms with Crippen LogP contribution in [0.15, 0.2) is 0 Å². The molecule has 0 aromatic carbocycles. The zero-order chi connectivity index (χ0) is 11.0. The van der Waals surface area contributed by atoms with Crippen LogP contribution in [0.2, 0.25) is 0 Å². The van der Waals surface area contributed by atoms with Crippen LogP contribution in [-0.2, 0) is 11.2 Å². The van der Waals surface area contributed by atoms with Crippen LogP contribution < -0.4 is 5.32 Å². The van der Waals surface area contributed by atoms with E-state index in [1.807, 2.05) is 0 Å². The Balaban J connectivity index is 2.29. The molecule has 0 bridgehead atoms. The molecule has 2 unspecified atom stereocenters. The third-order valence-corrected chi connectivity index (χ3v) is 2.64. The summed E-state index contributed by atoms with van der Waals surface area (Å²) in [6, 6.07) is 0.393. The van der Waals surface area contributed by atoms with E-state index in [1.165, 1.54) is 11.3 Å². The monoisotopic (exact) mass is 209 g/mol. The lowest BCUT2D eigenvalue weighted by Gasteiger charge is -2.26. The first-order valence-electron chi connectivity index (χ1n) is 5.57. The number of H-pyrrole nitrogens is 1. The van der Waals surface area contributed by atoms with Crippen molar-refractivity contribution in [3.05, 3.63) is 11.3 Å². The van der Waals surface area contributed by atoms with Crippen LogP contribution in [-0.4, -0.2) is 22.3 Å². The molecule has 15 heavy (non-hydrogen) atoms. The number of aromatic amines is 1. The first kappa shape index (κ1) is 10.5.